The van der Waals surface area contributed by atoms with Gasteiger partial charge in [-0.1, -0.05) is 35.9 Å². The molecular weight excluding hydrogens is 398 g/mol. The Labute approximate surface area is 180 Å². The lowest BCUT2D eigenvalue weighted by Crippen LogP contribution is -2.84. The number of hydrogen-bond donors (Lipinski definition) is 3. The summed E-state index contributed by atoms with van der Waals surface area (Å²) in [6.45, 7) is 5.34. The third-order valence-electron chi connectivity index (χ3n) is 5.23. The summed E-state index contributed by atoms with van der Waals surface area (Å²) in [6.07, 6.45) is 0. The first-order valence-corrected chi connectivity index (χ1v) is 10.3. The van der Waals surface area contributed by atoms with E-state index in [9.17, 15) is 9.59 Å². The minimum absolute atomic E-state index is 0.150. The number of nitrogens with one attached hydrogen (secondary N) is 2. The number of esters is 1. The molecular formula is C23H26N3O5+. The Hall–Kier alpha value is -3.52. The Morgan fingerprint density at radius 1 is 1.13 bits per heavy atom. The molecule has 162 valence electrons. The van der Waals surface area contributed by atoms with Gasteiger partial charge < -0.3 is 30.2 Å². The molecule has 31 heavy (non-hydrogen) atoms. The van der Waals surface area contributed by atoms with Crippen molar-refractivity contribution in [3.8, 4) is 11.5 Å². The Morgan fingerprint density at radius 2 is 1.90 bits per heavy atom. The van der Waals surface area contributed by atoms with Gasteiger partial charge in [0.05, 0.1) is 23.9 Å². The number of urea groups is 1. The predicted molar refractivity (Wildman–Crippen MR) is 112 cm³/mol. The fourth-order valence-corrected chi connectivity index (χ4v) is 3.68. The number of fused-ring (bicyclic) bond motifs is 1. The predicted octanol–water partition coefficient (Wildman–Crippen LogP) is 1.66. The maximum absolute atomic E-state index is 12.9. The van der Waals surface area contributed by atoms with Crippen molar-refractivity contribution in [3.05, 3.63) is 70.4 Å². The minimum Gasteiger partial charge on any atom is -0.463 e. The van der Waals surface area contributed by atoms with Crippen LogP contribution in [0.5, 0.6) is 11.5 Å². The van der Waals surface area contributed by atoms with Gasteiger partial charge in [-0.15, -0.1) is 0 Å². The van der Waals surface area contributed by atoms with E-state index in [0.717, 1.165) is 17.7 Å². The summed E-state index contributed by atoms with van der Waals surface area (Å²) in [6, 6.07) is 12.6. The maximum Gasteiger partial charge on any atom is 0.338 e. The highest BCUT2D eigenvalue weighted by Gasteiger charge is 2.35. The first-order chi connectivity index (χ1) is 15.0. The average molecular weight is 424 g/mol. The van der Waals surface area contributed by atoms with E-state index >= 15 is 0 Å². The number of rotatable bonds is 7. The number of quaternary nitrogens is 1. The molecule has 2 aliphatic rings. The fraction of sp³-hybridized carbons (Fsp3) is 0.304. The fourth-order valence-electron chi connectivity index (χ4n) is 3.68. The zero-order chi connectivity index (χ0) is 21.8. The van der Waals surface area contributed by atoms with Gasteiger partial charge in [-0.2, -0.15) is 0 Å². The van der Waals surface area contributed by atoms with Gasteiger partial charge in [0.1, 0.15) is 13.1 Å². The van der Waals surface area contributed by atoms with E-state index in [0.29, 0.717) is 29.3 Å². The van der Waals surface area contributed by atoms with Gasteiger partial charge in [-0.05, 0) is 31.5 Å². The first kappa shape index (κ1) is 20.7. The van der Waals surface area contributed by atoms with Gasteiger partial charge in [0.2, 0.25) is 6.79 Å². The minimum atomic E-state index is -0.648. The van der Waals surface area contributed by atoms with Crippen molar-refractivity contribution >= 4 is 12.0 Å². The Balaban J connectivity index is 1.61. The van der Waals surface area contributed by atoms with Crippen LogP contribution in [-0.2, 0) is 16.1 Å². The molecule has 8 heteroatoms. The molecule has 0 aliphatic carbocycles. The monoisotopic (exact) mass is 424 g/mol. The van der Waals surface area contributed by atoms with Crippen LogP contribution in [0.3, 0.4) is 0 Å². The lowest BCUT2D eigenvalue weighted by molar-refractivity contribution is -0.664. The van der Waals surface area contributed by atoms with Crippen LogP contribution < -0.4 is 25.4 Å². The van der Waals surface area contributed by atoms with Crippen LogP contribution in [0, 0.1) is 6.92 Å². The normalized spacial score (nSPS) is 17.2. The van der Waals surface area contributed by atoms with E-state index in [2.05, 4.69) is 34.9 Å². The van der Waals surface area contributed by atoms with Gasteiger partial charge in [0, 0.05) is 5.56 Å². The molecule has 0 saturated heterocycles. The molecule has 4 rings (SSSR count). The zero-order valence-corrected chi connectivity index (χ0v) is 17.6. The summed E-state index contributed by atoms with van der Waals surface area (Å²) < 4.78 is 16.1. The van der Waals surface area contributed by atoms with Gasteiger partial charge in [0.25, 0.3) is 0 Å². The number of aryl methyl sites for hydroxylation is 1. The molecule has 0 unspecified atom stereocenters. The number of amides is 2. The smallest absolute Gasteiger partial charge is 0.338 e. The van der Waals surface area contributed by atoms with Crippen LogP contribution in [0.4, 0.5) is 4.79 Å². The van der Waals surface area contributed by atoms with Crippen LogP contribution in [0.2, 0.25) is 0 Å². The Morgan fingerprint density at radius 3 is 2.68 bits per heavy atom. The Bertz CT molecular complexity index is 1020. The number of benzene rings is 2. The molecule has 0 spiro atoms. The molecule has 0 fully saturated rings. The van der Waals surface area contributed by atoms with E-state index in [-0.39, 0.29) is 19.4 Å². The van der Waals surface area contributed by atoms with Crippen molar-refractivity contribution in [2.75, 3.05) is 19.9 Å². The highest BCUT2D eigenvalue weighted by molar-refractivity contribution is 5.95. The summed E-state index contributed by atoms with van der Waals surface area (Å²) >= 11 is 0. The number of nitrogens with two attached hydrogens (primary N) is 1. The Kier molecular flexibility index (Phi) is 6.08. The largest absolute Gasteiger partial charge is 0.463 e. The van der Waals surface area contributed by atoms with Crippen molar-refractivity contribution in [1.29, 1.82) is 0 Å². The van der Waals surface area contributed by atoms with E-state index in [4.69, 9.17) is 14.2 Å². The number of ether oxygens (including phenoxy) is 3. The van der Waals surface area contributed by atoms with Crippen molar-refractivity contribution in [1.82, 2.24) is 10.6 Å². The maximum atomic E-state index is 12.9. The van der Waals surface area contributed by atoms with Crippen molar-refractivity contribution < 1.29 is 29.1 Å². The molecule has 0 aromatic heterocycles. The summed E-state index contributed by atoms with van der Waals surface area (Å²) in [5.74, 6) is 0.759. The molecule has 2 heterocycles. The molecule has 1 atom stereocenters. The van der Waals surface area contributed by atoms with Crippen LogP contribution in [0.15, 0.2) is 53.7 Å². The number of carbonyl (C=O) groups is 2. The van der Waals surface area contributed by atoms with Gasteiger partial charge in [-0.3, -0.25) is 0 Å². The standard InChI is InChI=1S/C23H25N3O5/c1-3-29-22(27)20-17(12-24-11-15-6-4-14(2)5-7-15)25-23(28)26-21(20)16-8-9-18-19(10-16)31-13-30-18/h4-10,21,24H,3,11-13H2,1-2H3,(H2,25,26,28)/p+1/t21-/m1/s1. The first-order valence-electron chi connectivity index (χ1n) is 10.3. The molecule has 2 aromatic rings. The van der Waals surface area contributed by atoms with Crippen molar-refractivity contribution in [2.24, 2.45) is 0 Å². The molecule has 2 amide bonds. The van der Waals surface area contributed by atoms with Crippen molar-refractivity contribution in [2.45, 2.75) is 26.4 Å². The third-order valence-corrected chi connectivity index (χ3v) is 5.23. The van der Waals surface area contributed by atoms with Crippen LogP contribution in [-0.4, -0.2) is 31.9 Å². The lowest BCUT2D eigenvalue weighted by Gasteiger charge is -2.28. The molecule has 0 radical (unpaired) electrons. The van der Waals surface area contributed by atoms with Crippen molar-refractivity contribution in [3.63, 3.8) is 0 Å². The summed E-state index contributed by atoms with van der Waals surface area (Å²) in [7, 11) is 0. The lowest BCUT2D eigenvalue weighted by atomic mass is 9.94. The molecule has 0 saturated carbocycles. The van der Waals surface area contributed by atoms with Gasteiger partial charge in [0.15, 0.2) is 11.5 Å². The zero-order valence-electron chi connectivity index (χ0n) is 17.6. The SMILES string of the molecule is CCOC(=O)C1=C(C[NH2+]Cc2ccc(C)cc2)NC(=O)N[C@@H]1c1ccc2c(c1)OCO2. The van der Waals surface area contributed by atoms with Gasteiger partial charge >= 0.3 is 12.0 Å². The third kappa shape index (κ3) is 4.64. The second kappa shape index (κ2) is 9.09. The van der Waals surface area contributed by atoms with E-state index in [1.54, 1.807) is 19.1 Å². The topological polar surface area (TPSA) is 102 Å². The summed E-state index contributed by atoms with van der Waals surface area (Å²) in [4.78, 5) is 25.3. The summed E-state index contributed by atoms with van der Waals surface area (Å²) in [5.41, 5.74) is 4.01. The number of hydrogen-bond acceptors (Lipinski definition) is 5. The van der Waals surface area contributed by atoms with Crippen LogP contribution in [0.25, 0.3) is 0 Å². The van der Waals surface area contributed by atoms with Crippen LogP contribution >= 0.6 is 0 Å². The number of carbonyl (C=O) groups excluding carboxylic acids is 2. The quantitative estimate of drug-likeness (QED) is 0.587. The molecule has 2 aromatic carbocycles. The van der Waals surface area contributed by atoms with Gasteiger partial charge in [-0.25, -0.2) is 9.59 Å². The molecule has 4 N–H and O–H groups in total. The van der Waals surface area contributed by atoms with Crippen LogP contribution in [0.1, 0.15) is 29.7 Å². The average Bonchev–Trinajstić information content (AvgIpc) is 3.23. The molecule has 8 nitrogen and oxygen atoms in total. The highest BCUT2D eigenvalue weighted by atomic mass is 16.7. The highest BCUT2D eigenvalue weighted by Crippen LogP contribution is 2.36. The second-order valence-corrected chi connectivity index (χ2v) is 7.44. The summed E-state index contributed by atoms with van der Waals surface area (Å²) in [5, 5.41) is 7.68. The second-order valence-electron chi connectivity index (χ2n) is 7.44. The van der Waals surface area contributed by atoms with E-state index in [1.807, 2.05) is 18.3 Å². The van der Waals surface area contributed by atoms with E-state index < -0.39 is 12.0 Å². The molecule has 2 aliphatic heterocycles. The van der Waals surface area contributed by atoms with E-state index in [1.165, 1.54) is 5.56 Å². The molecule has 0 bridgehead atoms.